The largest absolute Gasteiger partial charge is 0.388 e. The highest BCUT2D eigenvalue weighted by atomic mass is 32.2. The molecule has 0 aliphatic heterocycles. The molecule has 1 unspecified atom stereocenters. The van der Waals surface area contributed by atoms with Gasteiger partial charge < -0.3 is 5.11 Å². The lowest BCUT2D eigenvalue weighted by Gasteiger charge is -2.14. The van der Waals surface area contributed by atoms with Gasteiger partial charge >= 0.3 is 0 Å². The molecule has 2 aromatic rings. The van der Waals surface area contributed by atoms with Crippen LogP contribution in [0.2, 0.25) is 0 Å². The number of aliphatic hydroxyl groups is 1. The Morgan fingerprint density at radius 1 is 1.00 bits per heavy atom. The van der Waals surface area contributed by atoms with Crippen LogP contribution in [0.1, 0.15) is 29.7 Å². The molecule has 19 heavy (non-hydrogen) atoms. The van der Waals surface area contributed by atoms with Crippen molar-refractivity contribution in [2.24, 2.45) is 0 Å². The molecule has 0 saturated carbocycles. The van der Waals surface area contributed by atoms with Crippen LogP contribution >= 0.6 is 11.8 Å². The first-order chi connectivity index (χ1) is 9.24. The van der Waals surface area contributed by atoms with Crippen molar-refractivity contribution in [1.29, 1.82) is 0 Å². The van der Waals surface area contributed by atoms with E-state index in [1.54, 1.807) is 11.8 Å². The van der Waals surface area contributed by atoms with Gasteiger partial charge in [-0.05, 0) is 35.4 Å². The Hall–Kier alpha value is -1.25. The van der Waals surface area contributed by atoms with E-state index in [9.17, 15) is 5.11 Å². The van der Waals surface area contributed by atoms with Crippen molar-refractivity contribution in [1.82, 2.24) is 0 Å². The standard InChI is InChI=1S/C17H20OS/c1-3-13-8-10-14(11-9-13)12-16(18)15-6-4-5-7-17(15)19-2/h4-11,16,18H,3,12H2,1-2H3. The average Bonchev–Trinajstić information content (AvgIpc) is 2.48. The molecule has 1 N–H and O–H groups in total. The van der Waals surface area contributed by atoms with Gasteiger partial charge in [0.2, 0.25) is 0 Å². The molecule has 0 aliphatic carbocycles. The van der Waals surface area contributed by atoms with Crippen LogP contribution in [-0.4, -0.2) is 11.4 Å². The van der Waals surface area contributed by atoms with Crippen molar-refractivity contribution in [3.63, 3.8) is 0 Å². The molecule has 0 saturated heterocycles. The monoisotopic (exact) mass is 272 g/mol. The second kappa shape index (κ2) is 6.78. The zero-order chi connectivity index (χ0) is 13.7. The summed E-state index contributed by atoms with van der Waals surface area (Å²) >= 11 is 1.68. The molecule has 0 aromatic heterocycles. The van der Waals surface area contributed by atoms with Crippen LogP contribution in [0.4, 0.5) is 0 Å². The van der Waals surface area contributed by atoms with Gasteiger partial charge in [0.1, 0.15) is 0 Å². The summed E-state index contributed by atoms with van der Waals surface area (Å²) in [5.41, 5.74) is 3.54. The van der Waals surface area contributed by atoms with E-state index >= 15 is 0 Å². The molecule has 1 nitrogen and oxygen atoms in total. The van der Waals surface area contributed by atoms with Crippen LogP contribution < -0.4 is 0 Å². The molecule has 2 heteroatoms. The summed E-state index contributed by atoms with van der Waals surface area (Å²) in [4.78, 5) is 1.15. The lowest BCUT2D eigenvalue weighted by Crippen LogP contribution is -2.03. The molecule has 0 spiro atoms. The third-order valence-electron chi connectivity index (χ3n) is 3.36. The maximum atomic E-state index is 10.4. The van der Waals surface area contributed by atoms with Gasteiger partial charge in [0, 0.05) is 11.3 Å². The molecule has 0 fully saturated rings. The summed E-state index contributed by atoms with van der Waals surface area (Å²) in [6.07, 6.45) is 3.33. The third-order valence-corrected chi connectivity index (χ3v) is 4.17. The van der Waals surface area contributed by atoms with Gasteiger partial charge in [0.25, 0.3) is 0 Å². The number of thioether (sulfide) groups is 1. The zero-order valence-corrected chi connectivity index (χ0v) is 12.3. The van der Waals surface area contributed by atoms with Crippen molar-refractivity contribution in [2.75, 3.05) is 6.26 Å². The van der Waals surface area contributed by atoms with Crippen LogP contribution in [0, 0.1) is 0 Å². The van der Waals surface area contributed by atoms with Gasteiger partial charge in [0.05, 0.1) is 6.10 Å². The van der Waals surface area contributed by atoms with Crippen LogP contribution in [0.5, 0.6) is 0 Å². The Kier molecular flexibility index (Phi) is 5.06. The third kappa shape index (κ3) is 3.62. The Morgan fingerprint density at radius 2 is 1.63 bits per heavy atom. The molecule has 100 valence electrons. The first kappa shape index (κ1) is 14.2. The number of aliphatic hydroxyl groups excluding tert-OH is 1. The minimum Gasteiger partial charge on any atom is -0.388 e. The molecule has 0 aliphatic rings. The molecule has 2 rings (SSSR count). The van der Waals surface area contributed by atoms with E-state index in [1.165, 1.54) is 11.1 Å². The highest BCUT2D eigenvalue weighted by Gasteiger charge is 2.12. The van der Waals surface area contributed by atoms with Gasteiger partial charge in [-0.1, -0.05) is 49.4 Å². The fraction of sp³-hybridized carbons (Fsp3) is 0.294. The van der Waals surface area contributed by atoms with E-state index in [4.69, 9.17) is 0 Å². The number of aryl methyl sites for hydroxylation is 1. The lowest BCUT2D eigenvalue weighted by atomic mass is 10.00. The fourth-order valence-corrected chi connectivity index (χ4v) is 2.84. The Balaban J connectivity index is 2.13. The van der Waals surface area contributed by atoms with Crippen molar-refractivity contribution in [3.8, 4) is 0 Å². The van der Waals surface area contributed by atoms with Gasteiger partial charge in [-0.3, -0.25) is 0 Å². The fourth-order valence-electron chi connectivity index (χ4n) is 2.19. The number of hydrogen-bond donors (Lipinski definition) is 1. The molecule has 2 aromatic carbocycles. The Morgan fingerprint density at radius 3 is 2.26 bits per heavy atom. The van der Waals surface area contributed by atoms with Gasteiger partial charge in [-0.25, -0.2) is 0 Å². The maximum absolute atomic E-state index is 10.4. The predicted molar refractivity (Wildman–Crippen MR) is 82.7 cm³/mol. The Bertz CT molecular complexity index is 519. The normalized spacial score (nSPS) is 12.4. The summed E-state index contributed by atoms with van der Waals surface area (Å²) in [5, 5.41) is 10.4. The minimum absolute atomic E-state index is 0.434. The molecular weight excluding hydrogens is 252 g/mol. The minimum atomic E-state index is -0.434. The molecule has 0 heterocycles. The van der Waals surface area contributed by atoms with Crippen molar-refractivity contribution in [3.05, 3.63) is 65.2 Å². The van der Waals surface area contributed by atoms with Crippen LogP contribution in [0.25, 0.3) is 0 Å². The highest BCUT2D eigenvalue weighted by molar-refractivity contribution is 7.98. The molecular formula is C17H20OS. The van der Waals surface area contributed by atoms with E-state index in [2.05, 4.69) is 37.3 Å². The van der Waals surface area contributed by atoms with Gasteiger partial charge in [-0.2, -0.15) is 0 Å². The van der Waals surface area contributed by atoms with Crippen LogP contribution in [-0.2, 0) is 12.8 Å². The van der Waals surface area contributed by atoms with E-state index in [0.29, 0.717) is 6.42 Å². The first-order valence-corrected chi connectivity index (χ1v) is 7.86. The van der Waals surface area contributed by atoms with Crippen molar-refractivity contribution >= 4 is 11.8 Å². The van der Waals surface area contributed by atoms with Gasteiger partial charge in [-0.15, -0.1) is 11.8 Å². The average molecular weight is 272 g/mol. The van der Waals surface area contributed by atoms with Crippen molar-refractivity contribution < 1.29 is 5.11 Å². The summed E-state index contributed by atoms with van der Waals surface area (Å²) in [5.74, 6) is 0. The molecule has 0 bridgehead atoms. The molecule has 1 atom stereocenters. The summed E-state index contributed by atoms with van der Waals surface area (Å²) in [7, 11) is 0. The van der Waals surface area contributed by atoms with Gasteiger partial charge in [0.15, 0.2) is 0 Å². The zero-order valence-electron chi connectivity index (χ0n) is 11.5. The number of rotatable bonds is 5. The topological polar surface area (TPSA) is 20.2 Å². The van der Waals surface area contributed by atoms with Crippen molar-refractivity contribution in [2.45, 2.75) is 30.8 Å². The molecule has 0 amide bonds. The number of benzene rings is 2. The Labute approximate surface area is 119 Å². The summed E-state index contributed by atoms with van der Waals surface area (Å²) in [6.45, 7) is 2.15. The van der Waals surface area contributed by atoms with E-state index in [-0.39, 0.29) is 0 Å². The highest BCUT2D eigenvalue weighted by Crippen LogP contribution is 2.27. The summed E-state index contributed by atoms with van der Waals surface area (Å²) in [6, 6.07) is 16.6. The van der Waals surface area contributed by atoms with E-state index in [1.807, 2.05) is 24.5 Å². The molecule has 0 radical (unpaired) electrons. The van der Waals surface area contributed by atoms with E-state index in [0.717, 1.165) is 16.9 Å². The predicted octanol–water partition coefficient (Wildman–Crippen LogP) is 4.25. The SMILES string of the molecule is CCc1ccc(CC(O)c2ccccc2SC)cc1. The smallest absolute Gasteiger partial charge is 0.0841 e. The van der Waals surface area contributed by atoms with Crippen LogP contribution in [0.3, 0.4) is 0 Å². The lowest BCUT2D eigenvalue weighted by molar-refractivity contribution is 0.175. The second-order valence-corrected chi connectivity index (χ2v) is 5.48. The van der Waals surface area contributed by atoms with E-state index < -0.39 is 6.10 Å². The van der Waals surface area contributed by atoms with Crippen LogP contribution in [0.15, 0.2) is 53.4 Å². The quantitative estimate of drug-likeness (QED) is 0.821. The second-order valence-electron chi connectivity index (χ2n) is 4.63. The first-order valence-electron chi connectivity index (χ1n) is 6.63. The summed E-state index contributed by atoms with van der Waals surface area (Å²) < 4.78 is 0. The number of hydrogen-bond acceptors (Lipinski definition) is 2. The maximum Gasteiger partial charge on any atom is 0.0841 e.